The number of ether oxygens (including phenoxy) is 1. The molecular formula is C15H22FN3O2. The molecule has 1 aliphatic heterocycles. The van der Waals surface area contributed by atoms with Gasteiger partial charge in [-0.3, -0.25) is 4.79 Å². The van der Waals surface area contributed by atoms with Crippen molar-refractivity contribution in [2.45, 2.75) is 38.6 Å². The predicted octanol–water partition coefficient (Wildman–Crippen LogP) is 2.34. The van der Waals surface area contributed by atoms with E-state index < -0.39 is 17.3 Å². The van der Waals surface area contributed by atoms with Crippen LogP contribution in [0.3, 0.4) is 0 Å². The van der Waals surface area contributed by atoms with Crippen LogP contribution in [-0.2, 0) is 4.74 Å². The Morgan fingerprint density at radius 3 is 3.05 bits per heavy atom. The van der Waals surface area contributed by atoms with Crippen molar-refractivity contribution in [2.75, 3.05) is 25.1 Å². The van der Waals surface area contributed by atoms with Crippen molar-refractivity contribution in [3.8, 4) is 0 Å². The molecule has 2 heterocycles. The van der Waals surface area contributed by atoms with Gasteiger partial charge in [-0.05, 0) is 32.3 Å². The summed E-state index contributed by atoms with van der Waals surface area (Å²) in [6.07, 6.45) is 4.01. The SMILES string of the molecule is CCCNc1nccc(C(=O)NC2(C)CCCOC2)c1F. The second-order valence-corrected chi connectivity index (χ2v) is 5.62. The molecule has 0 aromatic carbocycles. The van der Waals surface area contributed by atoms with Crippen LogP contribution in [-0.4, -0.2) is 36.2 Å². The number of carbonyl (C=O) groups is 1. The Morgan fingerprint density at radius 2 is 2.38 bits per heavy atom. The zero-order valence-electron chi connectivity index (χ0n) is 12.5. The van der Waals surface area contributed by atoms with Gasteiger partial charge in [0.1, 0.15) is 0 Å². The third-order valence-corrected chi connectivity index (χ3v) is 3.53. The molecule has 0 saturated carbocycles. The van der Waals surface area contributed by atoms with Crippen LogP contribution >= 0.6 is 0 Å². The van der Waals surface area contributed by atoms with Crippen molar-refractivity contribution in [3.63, 3.8) is 0 Å². The maximum absolute atomic E-state index is 14.3. The summed E-state index contributed by atoms with van der Waals surface area (Å²) in [5.74, 6) is -0.916. The molecule has 1 unspecified atom stereocenters. The Labute approximate surface area is 124 Å². The molecule has 0 spiro atoms. The first-order chi connectivity index (χ1) is 10.1. The van der Waals surface area contributed by atoms with Gasteiger partial charge in [-0.1, -0.05) is 6.92 Å². The molecule has 0 aliphatic carbocycles. The zero-order chi connectivity index (χ0) is 15.3. The van der Waals surface area contributed by atoms with Crippen molar-refractivity contribution in [1.82, 2.24) is 10.3 Å². The lowest BCUT2D eigenvalue weighted by atomic mass is 9.94. The highest BCUT2D eigenvalue weighted by molar-refractivity contribution is 5.95. The molecule has 2 N–H and O–H groups in total. The van der Waals surface area contributed by atoms with E-state index in [-0.39, 0.29) is 11.4 Å². The fourth-order valence-electron chi connectivity index (χ4n) is 2.36. The number of anilines is 1. The standard InChI is InChI=1S/C15H22FN3O2/c1-3-7-17-13-12(16)11(5-8-18-13)14(20)19-15(2)6-4-9-21-10-15/h5,8H,3-4,6-7,9-10H2,1-2H3,(H,17,18)(H,19,20). The Hall–Kier alpha value is -1.69. The monoisotopic (exact) mass is 295 g/mol. The van der Waals surface area contributed by atoms with Gasteiger partial charge in [-0.25, -0.2) is 9.37 Å². The van der Waals surface area contributed by atoms with Gasteiger partial charge in [0.15, 0.2) is 11.6 Å². The smallest absolute Gasteiger partial charge is 0.254 e. The summed E-state index contributed by atoms with van der Waals surface area (Å²) in [4.78, 5) is 16.2. The largest absolute Gasteiger partial charge is 0.379 e. The Bertz CT molecular complexity index is 502. The summed E-state index contributed by atoms with van der Waals surface area (Å²) < 4.78 is 19.7. The van der Waals surface area contributed by atoms with Crippen LogP contribution in [0.5, 0.6) is 0 Å². The van der Waals surface area contributed by atoms with Crippen LogP contribution in [0.4, 0.5) is 10.2 Å². The molecule has 0 radical (unpaired) electrons. The molecule has 1 amide bonds. The normalized spacial score (nSPS) is 21.9. The van der Waals surface area contributed by atoms with Crippen LogP contribution in [0.1, 0.15) is 43.5 Å². The quantitative estimate of drug-likeness (QED) is 0.875. The highest BCUT2D eigenvalue weighted by Crippen LogP contribution is 2.21. The van der Waals surface area contributed by atoms with E-state index in [9.17, 15) is 9.18 Å². The van der Waals surface area contributed by atoms with Crippen molar-refractivity contribution < 1.29 is 13.9 Å². The average molecular weight is 295 g/mol. The van der Waals surface area contributed by atoms with E-state index in [2.05, 4.69) is 15.6 Å². The maximum Gasteiger partial charge on any atom is 0.254 e. The van der Waals surface area contributed by atoms with E-state index >= 15 is 0 Å². The van der Waals surface area contributed by atoms with E-state index in [1.165, 1.54) is 12.3 Å². The molecule has 21 heavy (non-hydrogen) atoms. The first-order valence-corrected chi connectivity index (χ1v) is 7.34. The first-order valence-electron chi connectivity index (χ1n) is 7.34. The summed E-state index contributed by atoms with van der Waals surface area (Å²) in [6.45, 7) is 5.66. The van der Waals surface area contributed by atoms with Gasteiger partial charge in [0.05, 0.1) is 17.7 Å². The molecule has 1 aromatic heterocycles. The number of nitrogens with zero attached hydrogens (tertiary/aromatic N) is 1. The van der Waals surface area contributed by atoms with Gasteiger partial charge in [-0.15, -0.1) is 0 Å². The van der Waals surface area contributed by atoms with Gasteiger partial charge in [-0.2, -0.15) is 0 Å². The van der Waals surface area contributed by atoms with Gasteiger partial charge in [0.2, 0.25) is 0 Å². The number of aromatic nitrogens is 1. The van der Waals surface area contributed by atoms with Gasteiger partial charge in [0.25, 0.3) is 5.91 Å². The van der Waals surface area contributed by atoms with Crippen LogP contribution in [0, 0.1) is 5.82 Å². The van der Waals surface area contributed by atoms with Crippen molar-refractivity contribution in [2.24, 2.45) is 0 Å². The molecule has 2 rings (SSSR count). The number of halogens is 1. The summed E-state index contributed by atoms with van der Waals surface area (Å²) in [5, 5.41) is 5.76. The number of hydrogen-bond acceptors (Lipinski definition) is 4. The highest BCUT2D eigenvalue weighted by atomic mass is 19.1. The summed E-state index contributed by atoms with van der Waals surface area (Å²) >= 11 is 0. The Kier molecular flexibility index (Phi) is 5.12. The molecule has 1 fully saturated rings. The zero-order valence-corrected chi connectivity index (χ0v) is 12.5. The average Bonchev–Trinajstić information content (AvgIpc) is 2.46. The fourth-order valence-corrected chi connectivity index (χ4v) is 2.36. The van der Waals surface area contributed by atoms with E-state index in [4.69, 9.17) is 4.74 Å². The minimum atomic E-state index is -0.608. The lowest BCUT2D eigenvalue weighted by molar-refractivity contribution is 0.0271. The number of carbonyl (C=O) groups excluding carboxylic acids is 1. The summed E-state index contributed by atoms with van der Waals surface area (Å²) in [5.41, 5.74) is -0.433. The third-order valence-electron chi connectivity index (χ3n) is 3.53. The molecule has 1 aliphatic rings. The Morgan fingerprint density at radius 1 is 1.57 bits per heavy atom. The molecule has 0 bridgehead atoms. The van der Waals surface area contributed by atoms with E-state index in [1.54, 1.807) is 0 Å². The van der Waals surface area contributed by atoms with Crippen LogP contribution < -0.4 is 10.6 Å². The minimum absolute atomic E-state index is 0.00963. The number of nitrogens with one attached hydrogen (secondary N) is 2. The fraction of sp³-hybridized carbons (Fsp3) is 0.600. The lowest BCUT2D eigenvalue weighted by Crippen LogP contribution is -2.51. The molecule has 1 atom stereocenters. The van der Waals surface area contributed by atoms with Crippen molar-refractivity contribution >= 4 is 11.7 Å². The summed E-state index contributed by atoms with van der Waals surface area (Å²) in [7, 11) is 0. The maximum atomic E-state index is 14.3. The number of pyridine rings is 1. The van der Waals surface area contributed by atoms with Crippen LogP contribution in [0.2, 0.25) is 0 Å². The summed E-state index contributed by atoms with van der Waals surface area (Å²) in [6, 6.07) is 1.40. The van der Waals surface area contributed by atoms with Crippen molar-refractivity contribution in [3.05, 3.63) is 23.6 Å². The molecule has 5 nitrogen and oxygen atoms in total. The Balaban J connectivity index is 2.11. The number of amides is 1. The van der Waals surface area contributed by atoms with E-state index in [0.29, 0.717) is 19.8 Å². The second kappa shape index (κ2) is 6.85. The molecule has 1 aromatic rings. The lowest BCUT2D eigenvalue weighted by Gasteiger charge is -2.34. The molecule has 116 valence electrons. The van der Waals surface area contributed by atoms with E-state index in [0.717, 1.165) is 19.3 Å². The van der Waals surface area contributed by atoms with Gasteiger partial charge in [0, 0.05) is 19.3 Å². The molecule has 6 heteroatoms. The van der Waals surface area contributed by atoms with Gasteiger partial charge >= 0.3 is 0 Å². The second-order valence-electron chi connectivity index (χ2n) is 5.62. The number of hydrogen-bond donors (Lipinski definition) is 2. The van der Waals surface area contributed by atoms with Crippen LogP contribution in [0.25, 0.3) is 0 Å². The predicted molar refractivity (Wildman–Crippen MR) is 78.9 cm³/mol. The highest BCUT2D eigenvalue weighted by Gasteiger charge is 2.30. The number of rotatable bonds is 5. The van der Waals surface area contributed by atoms with Gasteiger partial charge < -0.3 is 15.4 Å². The topological polar surface area (TPSA) is 63.2 Å². The molecular weight excluding hydrogens is 273 g/mol. The van der Waals surface area contributed by atoms with E-state index in [1.807, 2.05) is 13.8 Å². The third kappa shape index (κ3) is 3.91. The molecule has 1 saturated heterocycles. The first kappa shape index (κ1) is 15.7. The van der Waals surface area contributed by atoms with Crippen molar-refractivity contribution in [1.29, 1.82) is 0 Å². The minimum Gasteiger partial charge on any atom is -0.379 e. The van der Waals surface area contributed by atoms with Crippen LogP contribution in [0.15, 0.2) is 12.3 Å².